The van der Waals surface area contributed by atoms with E-state index in [1.54, 1.807) is 13.8 Å². The zero-order chi connectivity index (χ0) is 12.8. The molecule has 0 aromatic heterocycles. The molecule has 0 bridgehead atoms. The summed E-state index contributed by atoms with van der Waals surface area (Å²) in [6.45, 7) is 9.17. The van der Waals surface area contributed by atoms with Crippen molar-refractivity contribution in [3.05, 3.63) is 0 Å². The highest BCUT2D eigenvalue weighted by molar-refractivity contribution is 5.73. The first kappa shape index (κ1) is 15.4. The molecule has 1 N–H and O–H groups in total. The van der Waals surface area contributed by atoms with Crippen molar-refractivity contribution in [2.24, 2.45) is 5.41 Å². The second kappa shape index (κ2) is 6.86. The van der Waals surface area contributed by atoms with Crippen molar-refractivity contribution in [2.45, 2.75) is 27.2 Å². The van der Waals surface area contributed by atoms with Crippen LogP contribution in [0.3, 0.4) is 0 Å². The first-order valence-corrected chi connectivity index (χ1v) is 5.90. The van der Waals surface area contributed by atoms with E-state index < -0.39 is 11.4 Å². The Bertz CT molecular complexity index is 215. The summed E-state index contributed by atoms with van der Waals surface area (Å²) in [6, 6.07) is 0. The van der Waals surface area contributed by atoms with E-state index >= 15 is 0 Å². The molecule has 4 heteroatoms. The summed E-state index contributed by atoms with van der Waals surface area (Å²) in [4.78, 5) is 15.4. The Balaban J connectivity index is 4.05. The van der Waals surface area contributed by atoms with Gasteiger partial charge in [-0.3, -0.25) is 4.79 Å². The molecule has 0 aliphatic heterocycles. The van der Waals surface area contributed by atoms with Gasteiger partial charge in [-0.2, -0.15) is 0 Å². The van der Waals surface area contributed by atoms with Crippen LogP contribution in [0.5, 0.6) is 0 Å². The molecule has 0 aliphatic carbocycles. The lowest BCUT2D eigenvalue weighted by Crippen LogP contribution is -2.40. The molecule has 0 saturated heterocycles. The van der Waals surface area contributed by atoms with Crippen LogP contribution >= 0.6 is 0 Å². The maximum atomic E-state index is 11.0. The molecule has 0 aliphatic rings. The third kappa shape index (κ3) is 6.08. The topological polar surface area (TPSA) is 43.8 Å². The molecule has 0 aromatic rings. The first-order chi connectivity index (χ1) is 7.29. The second-order valence-electron chi connectivity index (χ2n) is 5.21. The van der Waals surface area contributed by atoms with E-state index in [-0.39, 0.29) is 0 Å². The second-order valence-corrected chi connectivity index (χ2v) is 5.21. The van der Waals surface area contributed by atoms with Gasteiger partial charge in [0.1, 0.15) is 0 Å². The fourth-order valence-electron chi connectivity index (χ4n) is 1.59. The highest BCUT2D eigenvalue weighted by Crippen LogP contribution is 2.17. The number of aliphatic carboxylic acids is 1. The van der Waals surface area contributed by atoms with Crippen LogP contribution in [-0.2, 0) is 4.79 Å². The Hall–Kier alpha value is -0.610. The predicted octanol–water partition coefficient (Wildman–Crippen LogP) is 1.37. The molecule has 16 heavy (non-hydrogen) atoms. The Labute approximate surface area is 99.2 Å². The summed E-state index contributed by atoms with van der Waals surface area (Å²) in [7, 11) is 4.11. The van der Waals surface area contributed by atoms with Gasteiger partial charge in [0.2, 0.25) is 0 Å². The molecule has 0 amide bonds. The number of carboxylic acid groups (broad SMARTS) is 1. The standard InChI is InChI=1S/C12H26N2O2/c1-6-14(9-7-8-13(4)5)10-12(2,3)11(15)16/h6-10H2,1-5H3,(H,15,16). The van der Waals surface area contributed by atoms with Crippen LogP contribution < -0.4 is 0 Å². The Morgan fingerprint density at radius 2 is 1.81 bits per heavy atom. The lowest BCUT2D eigenvalue weighted by Gasteiger charge is -2.29. The van der Waals surface area contributed by atoms with Crippen LogP contribution in [0.4, 0.5) is 0 Å². The predicted molar refractivity (Wildman–Crippen MR) is 66.7 cm³/mol. The number of rotatable bonds is 8. The molecule has 96 valence electrons. The van der Waals surface area contributed by atoms with Crippen LogP contribution in [0.25, 0.3) is 0 Å². The number of hydrogen-bond acceptors (Lipinski definition) is 3. The molecular weight excluding hydrogens is 204 g/mol. The molecule has 0 rings (SSSR count). The molecule has 0 unspecified atom stereocenters. The average molecular weight is 230 g/mol. The van der Waals surface area contributed by atoms with Gasteiger partial charge in [-0.15, -0.1) is 0 Å². The van der Waals surface area contributed by atoms with Gasteiger partial charge in [-0.25, -0.2) is 0 Å². The zero-order valence-electron chi connectivity index (χ0n) is 11.3. The lowest BCUT2D eigenvalue weighted by atomic mass is 9.93. The van der Waals surface area contributed by atoms with Crippen LogP contribution in [0.1, 0.15) is 27.2 Å². The van der Waals surface area contributed by atoms with Crippen molar-refractivity contribution >= 4 is 5.97 Å². The van der Waals surface area contributed by atoms with Gasteiger partial charge in [0, 0.05) is 6.54 Å². The van der Waals surface area contributed by atoms with Crippen LogP contribution in [0.15, 0.2) is 0 Å². The molecule has 0 fully saturated rings. The minimum Gasteiger partial charge on any atom is -0.481 e. The lowest BCUT2D eigenvalue weighted by molar-refractivity contribution is -0.148. The summed E-state index contributed by atoms with van der Waals surface area (Å²) in [5, 5.41) is 9.06. The molecule has 0 heterocycles. The number of hydrogen-bond donors (Lipinski definition) is 1. The summed E-state index contributed by atoms with van der Waals surface area (Å²) in [5.41, 5.74) is -0.659. The summed E-state index contributed by atoms with van der Waals surface area (Å²) < 4.78 is 0. The van der Waals surface area contributed by atoms with Gasteiger partial charge in [0.25, 0.3) is 0 Å². The average Bonchev–Trinajstić information content (AvgIpc) is 2.15. The van der Waals surface area contributed by atoms with Crippen molar-refractivity contribution in [3.8, 4) is 0 Å². The van der Waals surface area contributed by atoms with Gasteiger partial charge in [-0.05, 0) is 54.0 Å². The smallest absolute Gasteiger partial charge is 0.310 e. The molecule has 0 spiro atoms. The number of carbonyl (C=O) groups is 1. The highest BCUT2D eigenvalue weighted by Gasteiger charge is 2.28. The SMILES string of the molecule is CCN(CCCN(C)C)CC(C)(C)C(=O)O. The van der Waals surface area contributed by atoms with E-state index in [4.69, 9.17) is 5.11 Å². The van der Waals surface area contributed by atoms with E-state index in [0.29, 0.717) is 6.54 Å². The Morgan fingerprint density at radius 3 is 2.19 bits per heavy atom. The maximum absolute atomic E-state index is 11.0. The Morgan fingerprint density at radius 1 is 1.25 bits per heavy atom. The van der Waals surface area contributed by atoms with E-state index in [0.717, 1.165) is 26.1 Å². The Kier molecular flexibility index (Phi) is 6.60. The summed E-state index contributed by atoms with van der Waals surface area (Å²) >= 11 is 0. The molecule has 0 aromatic carbocycles. The maximum Gasteiger partial charge on any atom is 0.310 e. The van der Waals surface area contributed by atoms with Crippen molar-refractivity contribution < 1.29 is 9.90 Å². The van der Waals surface area contributed by atoms with Crippen LogP contribution in [0.2, 0.25) is 0 Å². The summed E-state index contributed by atoms with van der Waals surface area (Å²) in [6.07, 6.45) is 1.08. The van der Waals surface area contributed by atoms with E-state index in [1.165, 1.54) is 0 Å². The quantitative estimate of drug-likeness (QED) is 0.684. The number of nitrogens with zero attached hydrogens (tertiary/aromatic N) is 2. The molecule has 4 nitrogen and oxygen atoms in total. The molecular formula is C12H26N2O2. The molecule has 0 atom stereocenters. The third-order valence-corrected chi connectivity index (χ3v) is 2.72. The van der Waals surface area contributed by atoms with Gasteiger partial charge in [0.05, 0.1) is 5.41 Å². The molecule has 0 saturated carbocycles. The van der Waals surface area contributed by atoms with Crippen molar-refractivity contribution in [1.82, 2.24) is 9.80 Å². The third-order valence-electron chi connectivity index (χ3n) is 2.72. The number of carboxylic acids is 1. The van der Waals surface area contributed by atoms with Gasteiger partial charge < -0.3 is 14.9 Å². The zero-order valence-corrected chi connectivity index (χ0v) is 11.3. The van der Waals surface area contributed by atoms with Gasteiger partial charge in [-0.1, -0.05) is 6.92 Å². The highest BCUT2D eigenvalue weighted by atomic mass is 16.4. The van der Waals surface area contributed by atoms with Crippen LogP contribution in [-0.4, -0.2) is 61.2 Å². The molecule has 0 radical (unpaired) electrons. The minimum atomic E-state index is -0.724. The van der Waals surface area contributed by atoms with Crippen molar-refractivity contribution in [1.29, 1.82) is 0 Å². The first-order valence-electron chi connectivity index (χ1n) is 5.90. The van der Waals surface area contributed by atoms with E-state index in [9.17, 15) is 4.79 Å². The van der Waals surface area contributed by atoms with E-state index in [2.05, 4.69) is 30.8 Å². The van der Waals surface area contributed by atoms with Gasteiger partial charge >= 0.3 is 5.97 Å². The fourth-order valence-corrected chi connectivity index (χ4v) is 1.59. The van der Waals surface area contributed by atoms with Crippen LogP contribution in [0, 0.1) is 5.41 Å². The van der Waals surface area contributed by atoms with Crippen molar-refractivity contribution in [2.75, 3.05) is 40.3 Å². The monoisotopic (exact) mass is 230 g/mol. The van der Waals surface area contributed by atoms with Crippen molar-refractivity contribution in [3.63, 3.8) is 0 Å². The summed E-state index contributed by atoms with van der Waals surface area (Å²) in [5.74, 6) is -0.724. The van der Waals surface area contributed by atoms with E-state index in [1.807, 2.05) is 0 Å². The normalized spacial score (nSPS) is 12.4. The minimum absolute atomic E-state index is 0.617. The largest absolute Gasteiger partial charge is 0.481 e. The fraction of sp³-hybridized carbons (Fsp3) is 0.917. The van der Waals surface area contributed by atoms with Gasteiger partial charge in [0.15, 0.2) is 0 Å².